The van der Waals surface area contributed by atoms with Crippen molar-refractivity contribution in [1.82, 2.24) is 15.0 Å². The number of amides is 1. The van der Waals surface area contributed by atoms with Crippen LogP contribution in [0.4, 0.5) is 23.0 Å². The SMILES string of the molecule is CC(=O)c1ccc(Nc2nccc3c(NC(=O)c4cccc5c(N)ncnc45)c(C)ccc23)cc1. The molecule has 8 nitrogen and oxygen atoms in total. The molecule has 0 aliphatic carbocycles. The predicted octanol–water partition coefficient (Wildman–Crippen LogP) is 5.27. The number of benzene rings is 3. The quantitative estimate of drug-likeness (QED) is 0.304. The van der Waals surface area contributed by atoms with E-state index in [4.69, 9.17) is 5.73 Å². The molecule has 5 aromatic rings. The molecule has 8 heteroatoms. The number of anilines is 4. The fourth-order valence-corrected chi connectivity index (χ4v) is 4.03. The van der Waals surface area contributed by atoms with Gasteiger partial charge in [-0.2, -0.15) is 0 Å². The first kappa shape index (κ1) is 22.0. The number of fused-ring (bicyclic) bond motifs is 2. The molecule has 0 saturated heterocycles. The monoisotopic (exact) mass is 462 g/mol. The number of nitrogens with one attached hydrogen (secondary N) is 2. The summed E-state index contributed by atoms with van der Waals surface area (Å²) in [5.74, 6) is 0.676. The number of Topliss-reactive ketones (excluding diaryl/α,β-unsaturated/α-hetero) is 1. The maximum atomic E-state index is 13.3. The summed E-state index contributed by atoms with van der Waals surface area (Å²) in [6.07, 6.45) is 3.04. The summed E-state index contributed by atoms with van der Waals surface area (Å²) in [6.45, 7) is 3.47. The zero-order chi connectivity index (χ0) is 24.5. The summed E-state index contributed by atoms with van der Waals surface area (Å²) in [7, 11) is 0. The number of nitrogens with two attached hydrogens (primary N) is 1. The van der Waals surface area contributed by atoms with Gasteiger partial charge in [0.1, 0.15) is 18.0 Å². The number of carbonyl (C=O) groups excluding carboxylic acids is 2. The average molecular weight is 463 g/mol. The number of aromatic nitrogens is 3. The van der Waals surface area contributed by atoms with Gasteiger partial charge in [0.05, 0.1) is 16.8 Å². The molecule has 0 aliphatic rings. The van der Waals surface area contributed by atoms with Crippen molar-refractivity contribution >= 4 is 56.4 Å². The summed E-state index contributed by atoms with van der Waals surface area (Å²) in [6, 6.07) is 18.2. The molecular weight excluding hydrogens is 440 g/mol. The second-order valence-corrected chi connectivity index (χ2v) is 8.19. The van der Waals surface area contributed by atoms with Gasteiger partial charge in [-0.25, -0.2) is 15.0 Å². The summed E-state index contributed by atoms with van der Waals surface area (Å²) in [4.78, 5) is 37.7. The molecule has 0 saturated carbocycles. The van der Waals surface area contributed by atoms with Crippen LogP contribution < -0.4 is 16.4 Å². The third-order valence-corrected chi connectivity index (χ3v) is 5.89. The third kappa shape index (κ3) is 4.13. The van der Waals surface area contributed by atoms with Gasteiger partial charge < -0.3 is 16.4 Å². The molecule has 172 valence electrons. The highest BCUT2D eigenvalue weighted by Crippen LogP contribution is 2.33. The molecule has 2 aromatic heterocycles. The molecule has 0 bridgehead atoms. The number of hydrogen-bond acceptors (Lipinski definition) is 7. The predicted molar refractivity (Wildman–Crippen MR) is 138 cm³/mol. The molecule has 3 aromatic carbocycles. The molecule has 4 N–H and O–H groups in total. The van der Waals surface area contributed by atoms with Crippen LogP contribution in [-0.4, -0.2) is 26.6 Å². The Hall–Kier alpha value is -4.85. The number of ketones is 1. The van der Waals surface area contributed by atoms with Crippen LogP contribution in [0.15, 0.2) is 73.2 Å². The van der Waals surface area contributed by atoms with Crippen LogP contribution in [0, 0.1) is 6.92 Å². The van der Waals surface area contributed by atoms with Gasteiger partial charge in [-0.05, 0) is 61.9 Å². The first-order chi connectivity index (χ1) is 16.9. The highest BCUT2D eigenvalue weighted by Gasteiger charge is 2.16. The fraction of sp³-hybridized carbons (Fsp3) is 0.0741. The Balaban J connectivity index is 1.52. The van der Waals surface area contributed by atoms with E-state index in [2.05, 4.69) is 25.6 Å². The van der Waals surface area contributed by atoms with E-state index in [1.54, 1.807) is 36.5 Å². The van der Waals surface area contributed by atoms with E-state index in [1.165, 1.54) is 13.3 Å². The van der Waals surface area contributed by atoms with Gasteiger partial charge in [0.15, 0.2) is 5.78 Å². The Bertz CT molecular complexity index is 1610. The number of hydrogen-bond donors (Lipinski definition) is 3. The summed E-state index contributed by atoms with van der Waals surface area (Å²) < 4.78 is 0. The standard InChI is InChI=1S/C27H22N6O2/c1-15-6-11-20-19(12-13-29-26(20)32-18-9-7-17(8-10-18)16(2)34)23(15)33-27(35)22-5-3-4-21-24(22)30-14-31-25(21)28/h3-14H,1-2H3,(H,29,32)(H,33,35)(H2,28,30,31). The lowest BCUT2D eigenvalue weighted by molar-refractivity contribution is 0.101. The number of nitrogens with zero attached hydrogens (tertiary/aromatic N) is 3. The van der Waals surface area contributed by atoms with E-state index in [0.29, 0.717) is 39.4 Å². The lowest BCUT2D eigenvalue weighted by atomic mass is 10.0. The van der Waals surface area contributed by atoms with E-state index in [9.17, 15) is 9.59 Å². The van der Waals surface area contributed by atoms with Crippen LogP contribution in [0.3, 0.4) is 0 Å². The Morgan fingerprint density at radius 3 is 2.43 bits per heavy atom. The van der Waals surface area contributed by atoms with Crippen molar-refractivity contribution in [3.05, 3.63) is 89.9 Å². The minimum Gasteiger partial charge on any atom is -0.383 e. The first-order valence-electron chi connectivity index (χ1n) is 11.0. The van der Waals surface area contributed by atoms with Crippen LogP contribution in [0.1, 0.15) is 33.2 Å². The highest BCUT2D eigenvalue weighted by atomic mass is 16.1. The van der Waals surface area contributed by atoms with Gasteiger partial charge in [0, 0.05) is 33.6 Å². The number of rotatable bonds is 5. The second kappa shape index (κ2) is 8.83. The van der Waals surface area contributed by atoms with Crippen molar-refractivity contribution in [2.75, 3.05) is 16.4 Å². The number of para-hydroxylation sites is 1. The Morgan fingerprint density at radius 1 is 0.857 bits per heavy atom. The molecule has 0 aliphatic heterocycles. The molecule has 0 radical (unpaired) electrons. The molecule has 1 amide bonds. The number of nitrogen functional groups attached to an aromatic ring is 1. The number of pyridine rings is 1. The Kier molecular flexibility index (Phi) is 5.54. The Labute approximate surface area is 201 Å². The van der Waals surface area contributed by atoms with Crippen molar-refractivity contribution in [2.24, 2.45) is 0 Å². The summed E-state index contributed by atoms with van der Waals surface area (Å²) in [5.41, 5.74) is 9.90. The topological polar surface area (TPSA) is 123 Å². The lowest BCUT2D eigenvalue weighted by Gasteiger charge is -2.15. The maximum Gasteiger partial charge on any atom is 0.257 e. The Morgan fingerprint density at radius 2 is 1.66 bits per heavy atom. The van der Waals surface area contributed by atoms with E-state index in [1.807, 2.05) is 37.3 Å². The number of aryl methyl sites for hydroxylation is 1. The van der Waals surface area contributed by atoms with Crippen molar-refractivity contribution < 1.29 is 9.59 Å². The molecular formula is C27H22N6O2. The van der Waals surface area contributed by atoms with Gasteiger partial charge >= 0.3 is 0 Å². The van der Waals surface area contributed by atoms with E-state index in [-0.39, 0.29) is 11.7 Å². The third-order valence-electron chi connectivity index (χ3n) is 5.89. The minimum absolute atomic E-state index is 0.0102. The molecule has 0 unspecified atom stereocenters. The molecule has 35 heavy (non-hydrogen) atoms. The van der Waals surface area contributed by atoms with Crippen molar-refractivity contribution in [1.29, 1.82) is 0 Å². The van der Waals surface area contributed by atoms with E-state index in [0.717, 1.165) is 22.0 Å². The molecule has 2 heterocycles. The summed E-state index contributed by atoms with van der Waals surface area (Å²) >= 11 is 0. The molecule has 5 rings (SSSR count). The summed E-state index contributed by atoms with van der Waals surface area (Å²) in [5, 5.41) is 8.67. The van der Waals surface area contributed by atoms with Crippen molar-refractivity contribution in [3.8, 4) is 0 Å². The van der Waals surface area contributed by atoms with Crippen LogP contribution >= 0.6 is 0 Å². The normalized spacial score (nSPS) is 10.9. The van der Waals surface area contributed by atoms with Gasteiger partial charge in [-0.3, -0.25) is 9.59 Å². The molecule has 0 atom stereocenters. The van der Waals surface area contributed by atoms with Crippen LogP contribution in [-0.2, 0) is 0 Å². The zero-order valence-electron chi connectivity index (χ0n) is 19.2. The average Bonchev–Trinajstić information content (AvgIpc) is 2.86. The fourth-order valence-electron chi connectivity index (χ4n) is 4.03. The highest BCUT2D eigenvalue weighted by molar-refractivity contribution is 6.16. The van der Waals surface area contributed by atoms with Gasteiger partial charge in [-0.1, -0.05) is 18.2 Å². The van der Waals surface area contributed by atoms with Crippen LogP contribution in [0.2, 0.25) is 0 Å². The van der Waals surface area contributed by atoms with E-state index >= 15 is 0 Å². The smallest absolute Gasteiger partial charge is 0.257 e. The second-order valence-electron chi connectivity index (χ2n) is 8.19. The first-order valence-corrected chi connectivity index (χ1v) is 11.0. The van der Waals surface area contributed by atoms with Gasteiger partial charge in [-0.15, -0.1) is 0 Å². The van der Waals surface area contributed by atoms with Crippen molar-refractivity contribution in [2.45, 2.75) is 13.8 Å². The van der Waals surface area contributed by atoms with Crippen molar-refractivity contribution in [3.63, 3.8) is 0 Å². The molecule has 0 spiro atoms. The largest absolute Gasteiger partial charge is 0.383 e. The van der Waals surface area contributed by atoms with Crippen LogP contribution in [0.25, 0.3) is 21.7 Å². The number of carbonyl (C=O) groups is 2. The van der Waals surface area contributed by atoms with Crippen LogP contribution in [0.5, 0.6) is 0 Å². The molecule has 0 fully saturated rings. The minimum atomic E-state index is -0.296. The lowest BCUT2D eigenvalue weighted by Crippen LogP contribution is -2.14. The van der Waals surface area contributed by atoms with Gasteiger partial charge in [0.2, 0.25) is 0 Å². The van der Waals surface area contributed by atoms with E-state index < -0.39 is 0 Å². The van der Waals surface area contributed by atoms with Gasteiger partial charge in [0.25, 0.3) is 5.91 Å². The zero-order valence-corrected chi connectivity index (χ0v) is 19.2. The maximum absolute atomic E-state index is 13.3.